The van der Waals surface area contributed by atoms with Crippen LogP contribution in [0, 0.1) is 5.92 Å². The maximum atomic E-state index is 6.40. The normalized spacial score (nSPS) is 28.7. The van der Waals surface area contributed by atoms with Crippen molar-refractivity contribution in [3.05, 3.63) is 68.9 Å². The molecule has 4 rings (SSSR count). The van der Waals surface area contributed by atoms with E-state index in [1.54, 1.807) is 0 Å². The lowest BCUT2D eigenvalue weighted by atomic mass is 9.85. The Labute approximate surface area is 171 Å². The lowest BCUT2D eigenvalue weighted by Gasteiger charge is -2.27. The zero-order valence-electron chi connectivity index (χ0n) is 15.9. The quantitative estimate of drug-likeness (QED) is 0.681. The third kappa shape index (κ3) is 3.66. The maximum Gasteiger partial charge on any atom is 0.142 e. The van der Waals surface area contributed by atoms with E-state index in [2.05, 4.69) is 49.6 Å². The standard InChI is InChI=1S/C22H26Cl2N3/c1-15-12-19(23)20(24)13-18(15)22-17-8-10-25-11-9-21(17)27(2,26-22)14-16-6-4-3-5-7-16/h3-7,13,15,25H,8-12,14H2,1-2H3/q+1/t15-,27?/m0/s1. The first-order valence-corrected chi connectivity index (χ1v) is 10.4. The molecule has 1 N–H and O–H groups in total. The highest BCUT2D eigenvalue weighted by molar-refractivity contribution is 6.40. The molecule has 1 aliphatic carbocycles. The summed E-state index contributed by atoms with van der Waals surface area (Å²) < 4.78 is 0.607. The molecule has 3 nitrogen and oxygen atoms in total. The van der Waals surface area contributed by atoms with Gasteiger partial charge in [-0.2, -0.15) is 4.59 Å². The number of quaternary nitrogens is 1. The first-order chi connectivity index (χ1) is 13.0. The van der Waals surface area contributed by atoms with Crippen molar-refractivity contribution in [2.24, 2.45) is 11.0 Å². The van der Waals surface area contributed by atoms with Crippen LogP contribution in [0.1, 0.15) is 31.7 Å². The Balaban J connectivity index is 1.79. The molecule has 2 atom stereocenters. The van der Waals surface area contributed by atoms with Crippen molar-refractivity contribution < 1.29 is 4.59 Å². The topological polar surface area (TPSA) is 24.4 Å². The van der Waals surface area contributed by atoms with Gasteiger partial charge < -0.3 is 5.32 Å². The number of allylic oxidation sites excluding steroid dienone is 4. The highest BCUT2D eigenvalue weighted by Gasteiger charge is 2.42. The van der Waals surface area contributed by atoms with Gasteiger partial charge in [0, 0.05) is 29.1 Å². The third-order valence-electron chi connectivity index (χ3n) is 5.79. The predicted molar refractivity (Wildman–Crippen MR) is 113 cm³/mol. The minimum Gasteiger partial charge on any atom is -0.316 e. The molecule has 0 amide bonds. The summed E-state index contributed by atoms with van der Waals surface area (Å²) in [5.74, 6) is 0.326. The van der Waals surface area contributed by atoms with Crippen LogP contribution in [0.3, 0.4) is 0 Å². The molecule has 1 aromatic rings. The lowest BCUT2D eigenvalue weighted by Crippen LogP contribution is -2.35. The molecule has 0 bridgehead atoms. The number of hydrogen-bond donors (Lipinski definition) is 1. The lowest BCUT2D eigenvalue weighted by molar-refractivity contribution is -0.891. The first-order valence-electron chi connectivity index (χ1n) is 9.67. The Morgan fingerprint density at radius 3 is 2.67 bits per heavy atom. The highest BCUT2D eigenvalue weighted by Crippen LogP contribution is 2.41. The van der Waals surface area contributed by atoms with E-state index in [1.807, 2.05) is 6.08 Å². The molecule has 0 fully saturated rings. The summed E-state index contributed by atoms with van der Waals surface area (Å²) in [5, 5.41) is 10.3. The van der Waals surface area contributed by atoms with E-state index in [0.717, 1.165) is 49.6 Å². The van der Waals surface area contributed by atoms with Gasteiger partial charge >= 0.3 is 0 Å². The third-order valence-corrected chi connectivity index (χ3v) is 6.58. The SMILES string of the molecule is C[C@H]1CC(Cl)=C(Cl)C=C1C1=N[N+](C)(Cc2ccccc2)C2=C1CCNCC2. The fourth-order valence-electron chi connectivity index (χ4n) is 4.41. The van der Waals surface area contributed by atoms with E-state index in [4.69, 9.17) is 28.3 Å². The second kappa shape index (κ2) is 7.56. The largest absolute Gasteiger partial charge is 0.316 e. The Hall–Kier alpha value is -1.39. The van der Waals surface area contributed by atoms with Crippen LogP contribution in [0.4, 0.5) is 0 Å². The average molecular weight is 403 g/mol. The van der Waals surface area contributed by atoms with E-state index in [1.165, 1.54) is 22.4 Å². The summed E-state index contributed by atoms with van der Waals surface area (Å²) in [6, 6.07) is 10.6. The van der Waals surface area contributed by atoms with Crippen molar-refractivity contribution in [1.82, 2.24) is 5.32 Å². The Kier molecular flexibility index (Phi) is 5.30. The van der Waals surface area contributed by atoms with Gasteiger partial charge in [-0.3, -0.25) is 0 Å². The molecule has 0 saturated carbocycles. The summed E-state index contributed by atoms with van der Waals surface area (Å²) in [7, 11) is 2.24. The Morgan fingerprint density at radius 1 is 1.15 bits per heavy atom. The van der Waals surface area contributed by atoms with Crippen molar-refractivity contribution in [1.29, 1.82) is 0 Å². The molecule has 3 aliphatic rings. The molecule has 0 aromatic heterocycles. The van der Waals surface area contributed by atoms with Crippen LogP contribution < -0.4 is 5.32 Å². The number of halogens is 2. The Morgan fingerprint density at radius 2 is 1.89 bits per heavy atom. The van der Waals surface area contributed by atoms with Crippen LogP contribution in [-0.2, 0) is 6.54 Å². The molecule has 1 aromatic carbocycles. The molecule has 2 heterocycles. The number of benzene rings is 1. The number of nitrogens with zero attached hydrogens (tertiary/aromatic N) is 2. The van der Waals surface area contributed by atoms with Crippen LogP contribution in [0.2, 0.25) is 0 Å². The van der Waals surface area contributed by atoms with Crippen LogP contribution in [0.15, 0.2) is 68.4 Å². The molecular weight excluding hydrogens is 377 g/mol. The van der Waals surface area contributed by atoms with Crippen LogP contribution >= 0.6 is 23.2 Å². The molecule has 0 radical (unpaired) electrons. The van der Waals surface area contributed by atoms with Gasteiger partial charge in [0.1, 0.15) is 18.0 Å². The van der Waals surface area contributed by atoms with E-state index >= 15 is 0 Å². The van der Waals surface area contributed by atoms with Crippen LogP contribution in [-0.4, -0.2) is 30.4 Å². The van der Waals surface area contributed by atoms with Gasteiger partial charge in [0.25, 0.3) is 0 Å². The minimum absolute atomic E-state index is 0.326. The average Bonchev–Trinajstić information content (AvgIpc) is 2.80. The molecule has 2 aliphatic heterocycles. The zero-order chi connectivity index (χ0) is 19.0. The zero-order valence-corrected chi connectivity index (χ0v) is 17.4. The number of hydrogen-bond acceptors (Lipinski definition) is 2. The summed E-state index contributed by atoms with van der Waals surface area (Å²) in [6.07, 6.45) is 4.86. The fourth-order valence-corrected chi connectivity index (χ4v) is 4.89. The monoisotopic (exact) mass is 402 g/mol. The van der Waals surface area contributed by atoms with Crippen molar-refractivity contribution >= 4 is 28.9 Å². The number of rotatable bonds is 3. The molecule has 0 spiro atoms. The molecule has 27 heavy (non-hydrogen) atoms. The van der Waals surface area contributed by atoms with E-state index in [0.29, 0.717) is 15.5 Å². The summed E-state index contributed by atoms with van der Waals surface area (Å²) in [4.78, 5) is 0. The van der Waals surface area contributed by atoms with Crippen LogP contribution in [0.25, 0.3) is 0 Å². The van der Waals surface area contributed by atoms with Gasteiger partial charge in [-0.1, -0.05) is 65.6 Å². The smallest absolute Gasteiger partial charge is 0.142 e. The number of nitrogens with one attached hydrogen (secondary N) is 1. The minimum atomic E-state index is 0.326. The van der Waals surface area contributed by atoms with Gasteiger partial charge in [0.15, 0.2) is 0 Å². The van der Waals surface area contributed by atoms with E-state index in [-0.39, 0.29) is 0 Å². The van der Waals surface area contributed by atoms with Gasteiger partial charge in [-0.05, 0) is 37.0 Å². The summed E-state index contributed by atoms with van der Waals surface area (Å²) >= 11 is 12.7. The summed E-state index contributed by atoms with van der Waals surface area (Å²) in [5.41, 5.74) is 6.51. The van der Waals surface area contributed by atoms with Crippen molar-refractivity contribution in [2.45, 2.75) is 32.7 Å². The molecule has 5 heteroatoms. The molecule has 0 saturated heterocycles. The highest BCUT2D eigenvalue weighted by atomic mass is 35.5. The van der Waals surface area contributed by atoms with E-state index < -0.39 is 0 Å². The van der Waals surface area contributed by atoms with Gasteiger partial charge in [0.05, 0.1) is 12.1 Å². The maximum absolute atomic E-state index is 6.40. The van der Waals surface area contributed by atoms with Crippen molar-refractivity contribution in [3.63, 3.8) is 0 Å². The first kappa shape index (κ1) is 18.9. The van der Waals surface area contributed by atoms with Crippen LogP contribution in [0.5, 0.6) is 0 Å². The Bertz CT molecular complexity index is 867. The predicted octanol–water partition coefficient (Wildman–Crippen LogP) is 5.30. The van der Waals surface area contributed by atoms with Crippen molar-refractivity contribution in [2.75, 3.05) is 20.1 Å². The van der Waals surface area contributed by atoms with Gasteiger partial charge in [0.2, 0.25) is 0 Å². The molecule has 1 unspecified atom stereocenters. The van der Waals surface area contributed by atoms with Crippen molar-refractivity contribution in [3.8, 4) is 0 Å². The fraction of sp³-hybridized carbons (Fsp3) is 0.409. The molecular formula is C22H26Cl2N3+. The molecule has 142 valence electrons. The van der Waals surface area contributed by atoms with Gasteiger partial charge in [-0.25, -0.2) is 0 Å². The van der Waals surface area contributed by atoms with Gasteiger partial charge in [-0.15, -0.1) is 0 Å². The van der Waals surface area contributed by atoms with E-state index in [9.17, 15) is 0 Å². The second-order valence-electron chi connectivity index (χ2n) is 7.86. The second-order valence-corrected chi connectivity index (χ2v) is 8.73. The summed E-state index contributed by atoms with van der Waals surface area (Å²) in [6.45, 7) is 5.09.